The topological polar surface area (TPSA) is 86.6 Å². The molecule has 0 spiro atoms. The first kappa shape index (κ1) is 22.9. The van der Waals surface area contributed by atoms with Crippen molar-refractivity contribution >= 4 is 43.2 Å². The summed E-state index contributed by atoms with van der Waals surface area (Å²) in [5.74, 6) is 1.25. The Labute approximate surface area is 205 Å². The van der Waals surface area contributed by atoms with Crippen LogP contribution >= 0.6 is 22.9 Å². The normalized spacial score (nSPS) is 14.3. The van der Waals surface area contributed by atoms with Gasteiger partial charge in [-0.25, -0.2) is 13.1 Å². The number of nitrogens with one attached hydrogen (secondary N) is 1. The van der Waals surface area contributed by atoms with Crippen molar-refractivity contribution in [3.63, 3.8) is 0 Å². The van der Waals surface area contributed by atoms with Crippen molar-refractivity contribution in [2.24, 2.45) is 0 Å². The summed E-state index contributed by atoms with van der Waals surface area (Å²) in [4.78, 5) is 12.6. The molecule has 0 saturated heterocycles. The fourth-order valence-corrected chi connectivity index (χ4v) is 6.22. The number of fused-ring (bicyclic) bond motifs is 2. The van der Waals surface area contributed by atoms with Crippen molar-refractivity contribution in [2.75, 3.05) is 13.2 Å². The predicted octanol–water partition coefficient (Wildman–Crippen LogP) is 4.58. The van der Waals surface area contributed by atoms with Crippen LogP contribution < -0.4 is 19.1 Å². The van der Waals surface area contributed by atoms with E-state index in [1.807, 2.05) is 18.2 Å². The van der Waals surface area contributed by atoms with Crippen molar-refractivity contribution < 1.29 is 17.9 Å². The maximum absolute atomic E-state index is 13.1. The summed E-state index contributed by atoms with van der Waals surface area (Å²) in [5, 5.41) is 0.624. The van der Waals surface area contributed by atoms with E-state index in [0.29, 0.717) is 46.5 Å². The van der Waals surface area contributed by atoms with Crippen LogP contribution in [0, 0.1) is 0 Å². The largest absolute Gasteiger partial charge is 0.486 e. The van der Waals surface area contributed by atoms with Crippen LogP contribution in [0.25, 0.3) is 10.2 Å². The lowest BCUT2D eigenvalue weighted by molar-refractivity contribution is 0.171. The van der Waals surface area contributed by atoms with Crippen LogP contribution in [-0.2, 0) is 16.6 Å². The molecular weight excluding hydrogens is 496 g/mol. The Balaban J connectivity index is 1.40. The lowest BCUT2D eigenvalue weighted by Crippen LogP contribution is -2.27. The van der Waals surface area contributed by atoms with Gasteiger partial charge in [0.1, 0.15) is 13.2 Å². The molecule has 0 fully saturated rings. The highest BCUT2D eigenvalue weighted by Crippen LogP contribution is 2.33. The second-order valence-electron chi connectivity index (χ2n) is 7.96. The van der Waals surface area contributed by atoms with Gasteiger partial charge in [-0.2, -0.15) is 0 Å². The Kier molecular flexibility index (Phi) is 6.11. The van der Waals surface area contributed by atoms with Crippen molar-refractivity contribution in [2.45, 2.75) is 24.4 Å². The smallest absolute Gasteiger partial charge is 0.308 e. The summed E-state index contributed by atoms with van der Waals surface area (Å²) in [7, 11) is -3.83. The zero-order valence-electron chi connectivity index (χ0n) is 18.2. The lowest BCUT2D eigenvalue weighted by atomic mass is 10.1. The molecule has 3 aromatic carbocycles. The first-order valence-corrected chi connectivity index (χ1v) is 13.3. The Bertz CT molecular complexity index is 1530. The van der Waals surface area contributed by atoms with Crippen LogP contribution in [0.1, 0.15) is 24.1 Å². The van der Waals surface area contributed by atoms with E-state index in [9.17, 15) is 13.2 Å². The second-order valence-corrected chi connectivity index (χ2v) is 11.1. The quantitative estimate of drug-likeness (QED) is 0.405. The molecule has 34 heavy (non-hydrogen) atoms. The molecule has 0 saturated carbocycles. The molecule has 0 amide bonds. The number of aromatic nitrogens is 1. The van der Waals surface area contributed by atoms with Crippen LogP contribution in [0.2, 0.25) is 5.02 Å². The van der Waals surface area contributed by atoms with Crippen LogP contribution in [0.4, 0.5) is 0 Å². The minimum absolute atomic E-state index is 0.101. The molecule has 0 aliphatic carbocycles. The van der Waals surface area contributed by atoms with E-state index >= 15 is 0 Å². The predicted molar refractivity (Wildman–Crippen MR) is 133 cm³/mol. The molecule has 1 aliphatic heterocycles. The Morgan fingerprint density at radius 3 is 2.53 bits per heavy atom. The fraction of sp³-hybridized carbons (Fsp3) is 0.208. The first-order valence-electron chi connectivity index (χ1n) is 10.6. The van der Waals surface area contributed by atoms with E-state index in [4.69, 9.17) is 21.1 Å². The van der Waals surface area contributed by atoms with Gasteiger partial charge in [0.15, 0.2) is 11.5 Å². The molecule has 1 aliphatic rings. The summed E-state index contributed by atoms with van der Waals surface area (Å²) < 4.78 is 42.3. The monoisotopic (exact) mass is 516 g/mol. The molecule has 1 atom stereocenters. The molecule has 0 radical (unpaired) electrons. The van der Waals surface area contributed by atoms with Gasteiger partial charge in [-0.3, -0.25) is 9.36 Å². The number of hydrogen-bond acceptors (Lipinski definition) is 6. The lowest BCUT2D eigenvalue weighted by Gasteiger charge is -2.21. The molecule has 1 N–H and O–H groups in total. The molecule has 176 valence electrons. The molecule has 5 rings (SSSR count). The van der Waals surface area contributed by atoms with Gasteiger partial charge in [0.05, 0.1) is 21.7 Å². The molecule has 1 aromatic heterocycles. The van der Waals surface area contributed by atoms with Crippen molar-refractivity contribution in [1.29, 1.82) is 0 Å². The maximum Gasteiger partial charge on any atom is 0.308 e. The van der Waals surface area contributed by atoms with Crippen LogP contribution in [0.3, 0.4) is 0 Å². The number of sulfonamides is 1. The zero-order valence-corrected chi connectivity index (χ0v) is 20.5. The van der Waals surface area contributed by atoms with Crippen LogP contribution in [0.15, 0.2) is 70.4 Å². The third-order valence-corrected chi connectivity index (χ3v) is 8.33. The third-order valence-electron chi connectivity index (χ3n) is 5.60. The molecule has 7 nitrogen and oxygen atoms in total. The van der Waals surface area contributed by atoms with Crippen LogP contribution in [0.5, 0.6) is 11.5 Å². The third kappa shape index (κ3) is 4.56. The molecule has 4 aromatic rings. The van der Waals surface area contributed by atoms with Gasteiger partial charge in [-0.1, -0.05) is 41.1 Å². The van der Waals surface area contributed by atoms with E-state index in [-0.39, 0.29) is 9.77 Å². The highest BCUT2D eigenvalue weighted by atomic mass is 35.5. The van der Waals surface area contributed by atoms with E-state index < -0.39 is 16.1 Å². The van der Waals surface area contributed by atoms with Gasteiger partial charge >= 0.3 is 4.87 Å². The number of rotatable bonds is 6. The molecule has 0 bridgehead atoms. The van der Waals surface area contributed by atoms with Gasteiger partial charge < -0.3 is 9.47 Å². The highest BCUT2D eigenvalue weighted by molar-refractivity contribution is 7.89. The molecule has 2 heterocycles. The van der Waals surface area contributed by atoms with E-state index in [1.54, 1.807) is 47.9 Å². The van der Waals surface area contributed by atoms with Crippen molar-refractivity contribution in [3.05, 3.63) is 86.5 Å². The zero-order chi connectivity index (χ0) is 23.9. The van der Waals surface area contributed by atoms with Gasteiger partial charge in [0.25, 0.3) is 0 Å². The van der Waals surface area contributed by atoms with Crippen molar-refractivity contribution in [3.8, 4) is 11.5 Å². The van der Waals surface area contributed by atoms with E-state index in [0.717, 1.165) is 22.5 Å². The van der Waals surface area contributed by atoms with Crippen LogP contribution in [-0.4, -0.2) is 26.2 Å². The van der Waals surface area contributed by atoms with E-state index in [1.165, 1.54) is 6.07 Å². The Morgan fingerprint density at radius 2 is 1.76 bits per heavy atom. The summed E-state index contributed by atoms with van der Waals surface area (Å²) >= 11 is 6.97. The van der Waals surface area contributed by atoms with Gasteiger partial charge in [0, 0.05) is 11.1 Å². The summed E-state index contributed by atoms with van der Waals surface area (Å²) in [5.41, 5.74) is 2.37. The standard InChI is InChI=1S/C24H21ClN2O5S2/c1-15(17-4-9-21-22(12-17)32-11-10-31-21)26-34(29,30)19-7-8-20-23(13-19)33-24(28)27(20)14-16-2-5-18(25)6-3-16/h2-9,12-13,15,26H,10-11,14H2,1H3. The Hall–Kier alpha value is -2.85. The average Bonchev–Trinajstić information content (AvgIpc) is 3.14. The summed E-state index contributed by atoms with van der Waals surface area (Å²) in [6.07, 6.45) is 0. The summed E-state index contributed by atoms with van der Waals surface area (Å²) in [6.45, 7) is 3.09. The maximum atomic E-state index is 13.1. The minimum atomic E-state index is -3.83. The van der Waals surface area contributed by atoms with Gasteiger partial charge in [0.2, 0.25) is 10.0 Å². The number of nitrogens with zero attached hydrogens (tertiary/aromatic N) is 1. The molecule has 10 heteroatoms. The number of hydrogen-bond donors (Lipinski definition) is 1. The SMILES string of the molecule is CC(NS(=O)(=O)c1ccc2c(c1)sc(=O)n2Cc1ccc(Cl)cc1)c1ccc2c(c1)OCCO2. The number of thiazole rings is 1. The number of halogens is 1. The fourth-order valence-electron chi connectivity index (χ4n) is 3.83. The number of ether oxygens (including phenoxy) is 2. The second kappa shape index (κ2) is 9.07. The number of benzene rings is 3. The summed E-state index contributed by atoms with van der Waals surface area (Å²) in [6, 6.07) is 16.9. The van der Waals surface area contributed by atoms with Crippen molar-refractivity contribution in [1.82, 2.24) is 9.29 Å². The Morgan fingerprint density at radius 1 is 1.03 bits per heavy atom. The first-order chi connectivity index (χ1) is 16.3. The molecular formula is C24H21ClN2O5S2. The average molecular weight is 517 g/mol. The minimum Gasteiger partial charge on any atom is -0.486 e. The molecule has 1 unspecified atom stereocenters. The highest BCUT2D eigenvalue weighted by Gasteiger charge is 2.22. The van der Waals surface area contributed by atoms with E-state index in [2.05, 4.69) is 4.72 Å². The van der Waals surface area contributed by atoms with Gasteiger partial charge in [-0.05, 0) is 60.5 Å². The van der Waals surface area contributed by atoms with Gasteiger partial charge in [-0.15, -0.1) is 0 Å².